The Labute approximate surface area is 145 Å². The van der Waals surface area contributed by atoms with Gasteiger partial charge in [-0.1, -0.05) is 35.9 Å². The Balaban J connectivity index is 2.03. The van der Waals surface area contributed by atoms with Crippen molar-refractivity contribution in [1.82, 2.24) is 5.43 Å². The summed E-state index contributed by atoms with van der Waals surface area (Å²) < 4.78 is 5.79. The van der Waals surface area contributed by atoms with Crippen molar-refractivity contribution in [2.75, 3.05) is 0 Å². The molecule has 6 heteroatoms. The number of rotatable bonds is 6. The van der Waals surface area contributed by atoms with Gasteiger partial charge in [0, 0.05) is 10.6 Å². The third-order valence-corrected chi connectivity index (χ3v) is 3.36. The van der Waals surface area contributed by atoms with E-state index in [1.807, 2.05) is 42.5 Å². The third-order valence-electron chi connectivity index (χ3n) is 3.13. The fourth-order valence-corrected chi connectivity index (χ4v) is 2.02. The molecule has 1 amide bonds. The molecule has 0 spiro atoms. The van der Waals surface area contributed by atoms with Gasteiger partial charge in [-0.15, -0.1) is 0 Å². The van der Waals surface area contributed by atoms with Crippen molar-refractivity contribution in [3.05, 3.63) is 64.7 Å². The van der Waals surface area contributed by atoms with Crippen LogP contribution in [0.3, 0.4) is 0 Å². The van der Waals surface area contributed by atoms with Crippen LogP contribution in [0.15, 0.2) is 53.6 Å². The third kappa shape index (κ3) is 5.37. The highest BCUT2D eigenvalue weighted by molar-refractivity contribution is 6.30. The number of nitrogens with one attached hydrogen (secondary N) is 1. The normalized spacial score (nSPS) is 11.5. The van der Waals surface area contributed by atoms with Crippen LogP contribution in [0.5, 0.6) is 5.75 Å². The van der Waals surface area contributed by atoms with Gasteiger partial charge in [0.25, 0.3) is 5.91 Å². The van der Waals surface area contributed by atoms with Crippen molar-refractivity contribution in [3.8, 4) is 5.75 Å². The minimum absolute atomic E-state index is 0.363. The first-order chi connectivity index (χ1) is 11.4. The zero-order valence-corrected chi connectivity index (χ0v) is 14.2. The highest BCUT2D eigenvalue weighted by Crippen LogP contribution is 2.18. The molecule has 2 aromatic carbocycles. The minimum atomic E-state index is -1.49. The van der Waals surface area contributed by atoms with Gasteiger partial charge in [-0.25, -0.2) is 5.43 Å². The van der Waals surface area contributed by atoms with Crippen molar-refractivity contribution >= 4 is 23.7 Å². The zero-order chi connectivity index (χ0) is 17.6. The predicted octanol–water partition coefficient (Wildman–Crippen LogP) is 3.14. The molecule has 5 nitrogen and oxygen atoms in total. The van der Waals surface area contributed by atoms with E-state index in [-0.39, 0.29) is 0 Å². The predicted molar refractivity (Wildman–Crippen MR) is 94.3 cm³/mol. The van der Waals surface area contributed by atoms with E-state index in [2.05, 4.69) is 10.5 Å². The van der Waals surface area contributed by atoms with Gasteiger partial charge in [0.15, 0.2) is 0 Å². The largest absolute Gasteiger partial charge is 0.488 e. The average molecular weight is 347 g/mol. The number of benzene rings is 2. The molecule has 0 aromatic heterocycles. The van der Waals surface area contributed by atoms with E-state index in [0.717, 1.165) is 5.56 Å². The van der Waals surface area contributed by atoms with Gasteiger partial charge in [-0.3, -0.25) is 4.79 Å². The van der Waals surface area contributed by atoms with Crippen LogP contribution in [0.1, 0.15) is 25.0 Å². The number of carbonyl (C=O) groups excluding carboxylic acids is 1. The average Bonchev–Trinajstić information content (AvgIpc) is 2.53. The van der Waals surface area contributed by atoms with E-state index in [1.54, 1.807) is 6.07 Å². The molecule has 0 aliphatic heterocycles. The van der Waals surface area contributed by atoms with E-state index in [0.29, 0.717) is 22.9 Å². The number of amides is 1. The number of halogens is 1. The first-order valence-electron chi connectivity index (χ1n) is 7.38. The number of hydrogen-bond acceptors (Lipinski definition) is 4. The van der Waals surface area contributed by atoms with Crippen LogP contribution in [0.25, 0.3) is 0 Å². The van der Waals surface area contributed by atoms with Gasteiger partial charge >= 0.3 is 0 Å². The van der Waals surface area contributed by atoms with Gasteiger partial charge in [-0.2, -0.15) is 5.10 Å². The molecule has 0 radical (unpaired) electrons. The molecule has 2 N–H and O–H groups in total. The molecule has 0 unspecified atom stereocenters. The molecular formula is C18H19ClN2O3. The highest BCUT2D eigenvalue weighted by Gasteiger charge is 2.22. The van der Waals surface area contributed by atoms with Crippen molar-refractivity contribution in [2.24, 2.45) is 5.10 Å². The van der Waals surface area contributed by atoms with Crippen LogP contribution in [0, 0.1) is 0 Å². The summed E-state index contributed by atoms with van der Waals surface area (Å²) in [5, 5.41) is 14.1. The number of aliphatic hydroxyl groups is 1. The lowest BCUT2D eigenvalue weighted by Gasteiger charge is -2.13. The van der Waals surface area contributed by atoms with Gasteiger partial charge < -0.3 is 9.84 Å². The standard InChI is InChI=1S/C18H19ClN2O3/c1-18(2,23)17(22)21-20-11-14-7-3-4-9-16(14)24-12-13-6-5-8-15(19)10-13/h3-11,23H,12H2,1-2H3,(H,21,22). The van der Waals surface area contributed by atoms with Crippen molar-refractivity contribution in [1.29, 1.82) is 0 Å². The summed E-state index contributed by atoms with van der Waals surface area (Å²) in [7, 11) is 0. The number of nitrogens with zero attached hydrogens (tertiary/aromatic N) is 1. The summed E-state index contributed by atoms with van der Waals surface area (Å²) in [6, 6.07) is 14.7. The molecule has 0 aliphatic rings. The SMILES string of the molecule is CC(C)(O)C(=O)NN=Cc1ccccc1OCc1cccc(Cl)c1. The summed E-state index contributed by atoms with van der Waals surface area (Å²) in [6.07, 6.45) is 1.47. The first-order valence-corrected chi connectivity index (χ1v) is 7.76. The number of para-hydroxylation sites is 1. The van der Waals surface area contributed by atoms with Crippen LogP contribution in [0.4, 0.5) is 0 Å². The Bertz CT molecular complexity index is 739. The lowest BCUT2D eigenvalue weighted by atomic mass is 10.1. The minimum Gasteiger partial charge on any atom is -0.488 e. The fourth-order valence-electron chi connectivity index (χ4n) is 1.80. The lowest BCUT2D eigenvalue weighted by molar-refractivity contribution is -0.136. The second-order valence-electron chi connectivity index (χ2n) is 5.71. The van der Waals surface area contributed by atoms with E-state index in [1.165, 1.54) is 20.1 Å². The fraction of sp³-hybridized carbons (Fsp3) is 0.222. The van der Waals surface area contributed by atoms with Crippen molar-refractivity contribution in [3.63, 3.8) is 0 Å². The summed E-state index contributed by atoms with van der Waals surface area (Å²) in [5.74, 6) is 0.0369. The molecule has 0 aliphatic carbocycles. The monoisotopic (exact) mass is 346 g/mol. The maximum Gasteiger partial charge on any atom is 0.271 e. The van der Waals surface area contributed by atoms with Gasteiger partial charge in [0.05, 0.1) is 6.21 Å². The molecule has 0 fully saturated rings. The maximum absolute atomic E-state index is 11.6. The highest BCUT2D eigenvalue weighted by atomic mass is 35.5. The second-order valence-corrected chi connectivity index (χ2v) is 6.15. The Kier molecular flexibility index (Phi) is 5.95. The number of carbonyl (C=O) groups is 1. The number of hydrogen-bond donors (Lipinski definition) is 2. The van der Waals surface area contributed by atoms with E-state index >= 15 is 0 Å². The summed E-state index contributed by atoms with van der Waals surface area (Å²) in [6.45, 7) is 3.14. The van der Waals surface area contributed by atoms with E-state index in [4.69, 9.17) is 16.3 Å². The van der Waals surface area contributed by atoms with Crippen molar-refractivity contribution < 1.29 is 14.6 Å². The van der Waals surface area contributed by atoms with Gasteiger partial charge in [0.1, 0.15) is 18.0 Å². The molecule has 0 heterocycles. The Morgan fingerprint density at radius 3 is 2.75 bits per heavy atom. The second kappa shape index (κ2) is 7.95. The van der Waals surface area contributed by atoms with Crippen LogP contribution < -0.4 is 10.2 Å². The molecule has 0 saturated heterocycles. The summed E-state index contributed by atoms with van der Waals surface area (Å²) >= 11 is 5.96. The quantitative estimate of drug-likeness (QED) is 0.623. The number of hydrazone groups is 1. The van der Waals surface area contributed by atoms with E-state index < -0.39 is 11.5 Å². The number of ether oxygens (including phenoxy) is 1. The molecule has 24 heavy (non-hydrogen) atoms. The van der Waals surface area contributed by atoms with Gasteiger partial charge in [-0.05, 0) is 43.7 Å². The van der Waals surface area contributed by atoms with Crippen molar-refractivity contribution in [2.45, 2.75) is 26.1 Å². The molecule has 126 valence electrons. The Hall–Kier alpha value is -2.37. The first kappa shape index (κ1) is 18.0. The smallest absolute Gasteiger partial charge is 0.271 e. The molecular weight excluding hydrogens is 328 g/mol. The maximum atomic E-state index is 11.6. The van der Waals surface area contributed by atoms with Crippen LogP contribution in [-0.2, 0) is 11.4 Å². The summed E-state index contributed by atoms with van der Waals surface area (Å²) in [4.78, 5) is 11.6. The van der Waals surface area contributed by atoms with Crippen LogP contribution in [0.2, 0.25) is 5.02 Å². The van der Waals surface area contributed by atoms with Crippen LogP contribution in [-0.4, -0.2) is 22.8 Å². The molecule has 2 aromatic rings. The molecule has 0 bridgehead atoms. The lowest BCUT2D eigenvalue weighted by Crippen LogP contribution is -2.39. The Morgan fingerprint density at radius 1 is 1.29 bits per heavy atom. The topological polar surface area (TPSA) is 70.9 Å². The van der Waals surface area contributed by atoms with Gasteiger partial charge in [0.2, 0.25) is 0 Å². The Morgan fingerprint density at radius 2 is 2.04 bits per heavy atom. The molecule has 0 atom stereocenters. The molecule has 2 rings (SSSR count). The summed E-state index contributed by atoms with van der Waals surface area (Å²) in [5.41, 5.74) is 2.45. The van der Waals surface area contributed by atoms with E-state index in [9.17, 15) is 9.90 Å². The van der Waals surface area contributed by atoms with Crippen LogP contribution >= 0.6 is 11.6 Å². The molecule has 0 saturated carbocycles. The zero-order valence-electron chi connectivity index (χ0n) is 13.5.